The number of nitrogens with zero attached hydrogens (tertiary/aromatic N) is 1. The van der Waals surface area contributed by atoms with E-state index in [4.69, 9.17) is 0 Å². The largest absolute Gasteiger partial charge is 0.370 e. The Morgan fingerprint density at radius 2 is 2.07 bits per heavy atom. The third-order valence-electron chi connectivity index (χ3n) is 2.70. The quantitative estimate of drug-likeness (QED) is 0.725. The van der Waals surface area contributed by atoms with Gasteiger partial charge in [-0.15, -0.1) is 0 Å². The highest BCUT2D eigenvalue weighted by Crippen LogP contribution is 2.15. The van der Waals surface area contributed by atoms with Crippen LogP contribution in [0.5, 0.6) is 0 Å². The zero-order valence-corrected chi connectivity index (χ0v) is 8.74. The Labute approximate surface area is 85.9 Å². The minimum Gasteiger partial charge on any atom is -0.370 e. The van der Waals surface area contributed by atoms with Gasteiger partial charge in [0.1, 0.15) is 0 Å². The second kappa shape index (κ2) is 4.47. The number of anilines is 1. The molecule has 0 radical (unpaired) electrons. The maximum absolute atomic E-state index is 3.46. The van der Waals surface area contributed by atoms with Crippen molar-refractivity contribution >= 4 is 5.69 Å². The van der Waals surface area contributed by atoms with E-state index in [0.717, 1.165) is 32.1 Å². The Morgan fingerprint density at radius 3 is 2.86 bits per heavy atom. The summed E-state index contributed by atoms with van der Waals surface area (Å²) in [7, 11) is 0. The van der Waals surface area contributed by atoms with Gasteiger partial charge >= 0.3 is 0 Å². The molecule has 2 heteroatoms. The monoisotopic (exact) mass is 190 g/mol. The van der Waals surface area contributed by atoms with Crippen LogP contribution in [0, 0.1) is 5.92 Å². The van der Waals surface area contributed by atoms with E-state index in [0.29, 0.717) is 0 Å². The summed E-state index contributed by atoms with van der Waals surface area (Å²) >= 11 is 0. The van der Waals surface area contributed by atoms with Gasteiger partial charge in [-0.3, -0.25) is 0 Å². The summed E-state index contributed by atoms with van der Waals surface area (Å²) in [6.45, 7) is 6.82. The fourth-order valence-electron chi connectivity index (χ4n) is 1.97. The van der Waals surface area contributed by atoms with Crippen LogP contribution in [0.1, 0.15) is 6.92 Å². The molecule has 1 aliphatic heterocycles. The first-order valence-electron chi connectivity index (χ1n) is 5.37. The minimum absolute atomic E-state index is 0.734. The topological polar surface area (TPSA) is 15.3 Å². The van der Waals surface area contributed by atoms with Crippen LogP contribution in [0.15, 0.2) is 30.3 Å². The average molecular weight is 190 g/mol. The fourth-order valence-corrected chi connectivity index (χ4v) is 1.97. The molecule has 1 heterocycles. The summed E-state index contributed by atoms with van der Waals surface area (Å²) in [5, 5.41) is 3.46. The Balaban J connectivity index is 2.09. The van der Waals surface area contributed by atoms with Crippen LogP contribution in [0.25, 0.3) is 0 Å². The Morgan fingerprint density at radius 1 is 1.29 bits per heavy atom. The van der Waals surface area contributed by atoms with E-state index in [1.165, 1.54) is 5.69 Å². The lowest BCUT2D eigenvalue weighted by Gasteiger charge is -2.24. The molecule has 1 N–H and O–H groups in total. The molecule has 1 atom stereocenters. The lowest BCUT2D eigenvalue weighted by atomic mass is 10.1. The van der Waals surface area contributed by atoms with Crippen molar-refractivity contribution in [2.45, 2.75) is 6.92 Å². The van der Waals surface area contributed by atoms with Crippen LogP contribution in [0.4, 0.5) is 5.69 Å². The van der Waals surface area contributed by atoms with Gasteiger partial charge in [0.05, 0.1) is 0 Å². The van der Waals surface area contributed by atoms with Crippen LogP contribution in [-0.2, 0) is 0 Å². The van der Waals surface area contributed by atoms with E-state index in [-0.39, 0.29) is 0 Å². The van der Waals surface area contributed by atoms with E-state index in [1.807, 2.05) is 0 Å². The summed E-state index contributed by atoms with van der Waals surface area (Å²) in [6.07, 6.45) is 0. The molecule has 1 aromatic rings. The second-order valence-electron chi connectivity index (χ2n) is 4.09. The summed E-state index contributed by atoms with van der Waals surface area (Å²) in [5.74, 6) is 0.734. The molecule has 0 spiro atoms. The molecule has 2 nitrogen and oxygen atoms in total. The summed E-state index contributed by atoms with van der Waals surface area (Å²) in [6, 6.07) is 10.7. The third-order valence-corrected chi connectivity index (χ3v) is 2.70. The second-order valence-corrected chi connectivity index (χ2v) is 4.09. The molecule has 1 saturated heterocycles. The van der Waals surface area contributed by atoms with Crippen LogP contribution < -0.4 is 10.2 Å². The molecule has 0 aliphatic carbocycles. The Kier molecular flexibility index (Phi) is 3.04. The maximum Gasteiger partial charge on any atom is 0.0366 e. The SMILES string of the molecule is CC1CNCCN(c2ccccc2)C1. The molecule has 1 fully saturated rings. The van der Waals surface area contributed by atoms with Gasteiger partial charge in [-0.1, -0.05) is 25.1 Å². The summed E-state index contributed by atoms with van der Waals surface area (Å²) in [5.41, 5.74) is 1.35. The van der Waals surface area contributed by atoms with Crippen LogP contribution in [0.3, 0.4) is 0 Å². The molecule has 0 bridgehead atoms. The van der Waals surface area contributed by atoms with Crippen molar-refractivity contribution in [3.8, 4) is 0 Å². The number of hydrogen-bond donors (Lipinski definition) is 1. The van der Waals surface area contributed by atoms with E-state index in [9.17, 15) is 0 Å². The highest BCUT2D eigenvalue weighted by molar-refractivity contribution is 5.46. The lowest BCUT2D eigenvalue weighted by molar-refractivity contribution is 0.564. The first kappa shape index (κ1) is 9.53. The van der Waals surface area contributed by atoms with Crippen molar-refractivity contribution in [1.82, 2.24) is 5.32 Å². The van der Waals surface area contributed by atoms with Gasteiger partial charge in [0, 0.05) is 25.3 Å². The normalized spacial score (nSPS) is 23.2. The number of benzene rings is 1. The number of rotatable bonds is 1. The molecule has 0 amide bonds. The average Bonchev–Trinajstić information content (AvgIpc) is 2.44. The predicted octanol–water partition coefficient (Wildman–Crippen LogP) is 1.73. The molecule has 2 rings (SSSR count). The van der Waals surface area contributed by atoms with Gasteiger partial charge in [0.15, 0.2) is 0 Å². The van der Waals surface area contributed by atoms with E-state index >= 15 is 0 Å². The molecule has 76 valence electrons. The maximum atomic E-state index is 3.46. The van der Waals surface area contributed by atoms with Gasteiger partial charge in [0.2, 0.25) is 0 Å². The zero-order chi connectivity index (χ0) is 9.80. The molecular weight excluding hydrogens is 172 g/mol. The molecule has 0 saturated carbocycles. The molecule has 14 heavy (non-hydrogen) atoms. The van der Waals surface area contributed by atoms with Gasteiger partial charge in [-0.05, 0) is 24.6 Å². The van der Waals surface area contributed by atoms with Crippen molar-refractivity contribution < 1.29 is 0 Å². The molecular formula is C12H18N2. The van der Waals surface area contributed by atoms with Gasteiger partial charge in [-0.2, -0.15) is 0 Å². The van der Waals surface area contributed by atoms with Gasteiger partial charge < -0.3 is 10.2 Å². The minimum atomic E-state index is 0.734. The zero-order valence-electron chi connectivity index (χ0n) is 8.74. The summed E-state index contributed by atoms with van der Waals surface area (Å²) in [4.78, 5) is 2.46. The fraction of sp³-hybridized carbons (Fsp3) is 0.500. The Bertz CT molecular complexity index is 271. The molecule has 1 aliphatic rings. The number of nitrogens with one attached hydrogen (secondary N) is 1. The number of para-hydroxylation sites is 1. The Hall–Kier alpha value is -1.02. The van der Waals surface area contributed by atoms with Crippen molar-refractivity contribution in [2.75, 3.05) is 31.1 Å². The van der Waals surface area contributed by atoms with E-state index in [1.54, 1.807) is 0 Å². The first-order valence-corrected chi connectivity index (χ1v) is 5.37. The van der Waals surface area contributed by atoms with E-state index < -0.39 is 0 Å². The molecule has 1 unspecified atom stereocenters. The lowest BCUT2D eigenvalue weighted by Crippen LogP contribution is -2.29. The molecule has 1 aromatic carbocycles. The standard InChI is InChI=1S/C12H18N2/c1-11-9-13-7-8-14(10-11)12-5-3-2-4-6-12/h2-6,11,13H,7-10H2,1H3. The van der Waals surface area contributed by atoms with Crippen LogP contribution in [0.2, 0.25) is 0 Å². The molecule has 0 aromatic heterocycles. The van der Waals surface area contributed by atoms with Crippen molar-refractivity contribution in [3.63, 3.8) is 0 Å². The smallest absolute Gasteiger partial charge is 0.0366 e. The number of hydrogen-bond acceptors (Lipinski definition) is 2. The third kappa shape index (κ3) is 2.26. The van der Waals surface area contributed by atoms with Gasteiger partial charge in [0.25, 0.3) is 0 Å². The van der Waals surface area contributed by atoms with Crippen molar-refractivity contribution in [2.24, 2.45) is 5.92 Å². The predicted molar refractivity (Wildman–Crippen MR) is 60.7 cm³/mol. The van der Waals surface area contributed by atoms with Crippen LogP contribution >= 0.6 is 0 Å². The van der Waals surface area contributed by atoms with Crippen LogP contribution in [-0.4, -0.2) is 26.2 Å². The van der Waals surface area contributed by atoms with Crippen molar-refractivity contribution in [3.05, 3.63) is 30.3 Å². The summed E-state index contributed by atoms with van der Waals surface area (Å²) < 4.78 is 0. The van der Waals surface area contributed by atoms with E-state index in [2.05, 4.69) is 47.5 Å². The first-order chi connectivity index (χ1) is 6.86. The highest BCUT2D eigenvalue weighted by Gasteiger charge is 2.13. The van der Waals surface area contributed by atoms with Gasteiger partial charge in [-0.25, -0.2) is 0 Å². The highest BCUT2D eigenvalue weighted by atomic mass is 15.2. The van der Waals surface area contributed by atoms with Crippen molar-refractivity contribution in [1.29, 1.82) is 0 Å².